The zero-order valence-electron chi connectivity index (χ0n) is 18.1. The van der Waals surface area contributed by atoms with Crippen molar-refractivity contribution in [1.82, 2.24) is 0 Å². The molecule has 29 heavy (non-hydrogen) atoms. The Labute approximate surface area is 176 Å². The number of rotatable bonds is 9. The van der Waals surface area contributed by atoms with Gasteiger partial charge in [0.1, 0.15) is 0 Å². The summed E-state index contributed by atoms with van der Waals surface area (Å²) < 4.78 is 0. The third kappa shape index (κ3) is 5.95. The predicted molar refractivity (Wildman–Crippen MR) is 121 cm³/mol. The second-order valence-electron chi connectivity index (χ2n) is 8.83. The van der Waals surface area contributed by atoms with Crippen LogP contribution in [0.25, 0.3) is 11.1 Å². The molecule has 1 fully saturated rings. The zero-order valence-corrected chi connectivity index (χ0v) is 18.1. The van der Waals surface area contributed by atoms with Gasteiger partial charge in [-0.05, 0) is 53.4 Å². The first-order chi connectivity index (χ1) is 14.1. The molecule has 0 amide bonds. The van der Waals surface area contributed by atoms with Crippen LogP contribution in [0.4, 0.5) is 0 Å². The van der Waals surface area contributed by atoms with Crippen molar-refractivity contribution in [2.45, 2.75) is 77.6 Å². The molecule has 2 nitrogen and oxygen atoms in total. The standard InChI is InChI=1S/C27H36O2/c1-3-5-20-6-8-21(9-7-20)10-11-22-12-14-23(15-13-22)24-16-18-25(19-17-24)26(4-2)27(28)29/h12-21,26H,3-11H2,1-2H3,(H,28,29). The Morgan fingerprint density at radius 2 is 1.38 bits per heavy atom. The molecule has 0 saturated heterocycles. The molecular formula is C27H36O2. The molecule has 1 saturated carbocycles. The summed E-state index contributed by atoms with van der Waals surface area (Å²) in [4.78, 5) is 11.3. The minimum absolute atomic E-state index is 0.413. The minimum atomic E-state index is -0.747. The molecule has 1 aliphatic rings. The summed E-state index contributed by atoms with van der Waals surface area (Å²) in [5.74, 6) is 0.744. The van der Waals surface area contributed by atoms with E-state index in [0.717, 1.165) is 23.0 Å². The van der Waals surface area contributed by atoms with Gasteiger partial charge >= 0.3 is 5.97 Å². The fourth-order valence-electron chi connectivity index (χ4n) is 4.91. The fraction of sp³-hybridized carbons (Fsp3) is 0.519. The lowest BCUT2D eigenvalue weighted by Gasteiger charge is -2.28. The fourth-order valence-corrected chi connectivity index (χ4v) is 4.91. The third-order valence-corrected chi connectivity index (χ3v) is 6.81. The molecule has 156 valence electrons. The van der Waals surface area contributed by atoms with Crippen molar-refractivity contribution in [3.63, 3.8) is 0 Å². The summed E-state index contributed by atoms with van der Waals surface area (Å²) in [7, 11) is 0. The predicted octanol–water partition coefficient (Wildman–Crippen LogP) is 7.47. The van der Waals surface area contributed by atoms with E-state index in [0.29, 0.717) is 6.42 Å². The summed E-state index contributed by atoms with van der Waals surface area (Å²) in [5.41, 5.74) is 4.66. The number of carboxylic acids is 1. The number of hydrogen-bond donors (Lipinski definition) is 1. The Balaban J connectivity index is 1.53. The zero-order chi connectivity index (χ0) is 20.6. The van der Waals surface area contributed by atoms with E-state index in [1.165, 1.54) is 62.5 Å². The molecule has 3 rings (SSSR count). The Morgan fingerprint density at radius 3 is 1.86 bits per heavy atom. The first-order valence-corrected chi connectivity index (χ1v) is 11.5. The van der Waals surface area contributed by atoms with Gasteiger partial charge in [-0.25, -0.2) is 0 Å². The molecule has 0 heterocycles. The highest BCUT2D eigenvalue weighted by molar-refractivity contribution is 5.76. The molecule has 0 aromatic heterocycles. The van der Waals surface area contributed by atoms with Gasteiger partial charge in [-0.3, -0.25) is 4.79 Å². The number of carbonyl (C=O) groups is 1. The quantitative estimate of drug-likeness (QED) is 0.480. The van der Waals surface area contributed by atoms with Crippen LogP contribution < -0.4 is 0 Å². The van der Waals surface area contributed by atoms with Crippen LogP contribution in [0, 0.1) is 11.8 Å². The van der Waals surface area contributed by atoms with Gasteiger partial charge in [0.2, 0.25) is 0 Å². The van der Waals surface area contributed by atoms with Crippen molar-refractivity contribution in [3.8, 4) is 11.1 Å². The van der Waals surface area contributed by atoms with Gasteiger partial charge in [-0.1, -0.05) is 101 Å². The van der Waals surface area contributed by atoms with E-state index in [4.69, 9.17) is 0 Å². The van der Waals surface area contributed by atoms with Gasteiger partial charge in [-0.2, -0.15) is 0 Å². The Kier molecular flexibility index (Phi) is 7.91. The first-order valence-electron chi connectivity index (χ1n) is 11.5. The van der Waals surface area contributed by atoms with Gasteiger partial charge in [0.25, 0.3) is 0 Å². The minimum Gasteiger partial charge on any atom is -0.481 e. The molecule has 0 spiro atoms. The number of aliphatic carboxylic acids is 1. The molecule has 1 N–H and O–H groups in total. The summed E-state index contributed by atoms with van der Waals surface area (Å²) in [6, 6.07) is 16.9. The van der Waals surface area contributed by atoms with Crippen LogP contribution in [0.2, 0.25) is 0 Å². The number of hydrogen-bond acceptors (Lipinski definition) is 1. The van der Waals surface area contributed by atoms with Crippen LogP contribution in [0.3, 0.4) is 0 Å². The number of aryl methyl sites for hydroxylation is 1. The molecule has 2 heteroatoms. The van der Waals surface area contributed by atoms with E-state index in [1.54, 1.807) is 0 Å². The van der Waals surface area contributed by atoms with Gasteiger partial charge < -0.3 is 5.11 Å². The maximum Gasteiger partial charge on any atom is 0.310 e. The summed E-state index contributed by atoms with van der Waals surface area (Å²) in [6.07, 6.45) is 11.6. The highest BCUT2D eigenvalue weighted by Crippen LogP contribution is 2.34. The maximum absolute atomic E-state index is 11.3. The Bertz CT molecular complexity index is 752. The molecule has 1 atom stereocenters. The lowest BCUT2D eigenvalue weighted by molar-refractivity contribution is -0.138. The molecule has 1 aliphatic carbocycles. The van der Waals surface area contributed by atoms with E-state index in [-0.39, 0.29) is 0 Å². The highest BCUT2D eigenvalue weighted by Gasteiger charge is 2.20. The topological polar surface area (TPSA) is 37.3 Å². The van der Waals surface area contributed by atoms with E-state index in [9.17, 15) is 9.90 Å². The lowest BCUT2D eigenvalue weighted by atomic mass is 9.78. The first kappa shape index (κ1) is 21.6. The molecule has 2 aromatic rings. The van der Waals surface area contributed by atoms with Gasteiger partial charge in [-0.15, -0.1) is 0 Å². The van der Waals surface area contributed by atoms with Crippen LogP contribution >= 0.6 is 0 Å². The van der Waals surface area contributed by atoms with Crippen molar-refractivity contribution in [1.29, 1.82) is 0 Å². The second-order valence-corrected chi connectivity index (χ2v) is 8.83. The average Bonchev–Trinajstić information content (AvgIpc) is 2.75. The number of carboxylic acid groups (broad SMARTS) is 1. The second kappa shape index (κ2) is 10.6. The molecular weight excluding hydrogens is 356 g/mol. The van der Waals surface area contributed by atoms with Crippen molar-refractivity contribution < 1.29 is 9.90 Å². The maximum atomic E-state index is 11.3. The molecule has 1 unspecified atom stereocenters. The monoisotopic (exact) mass is 392 g/mol. The van der Waals surface area contributed by atoms with Gasteiger partial charge in [0.15, 0.2) is 0 Å². The molecule has 2 aromatic carbocycles. The van der Waals surface area contributed by atoms with Crippen LogP contribution in [0.1, 0.15) is 82.3 Å². The van der Waals surface area contributed by atoms with Gasteiger partial charge in [0, 0.05) is 0 Å². The normalized spacial score (nSPS) is 20.3. The molecule has 0 bridgehead atoms. The van der Waals surface area contributed by atoms with Crippen LogP contribution in [-0.4, -0.2) is 11.1 Å². The molecule has 0 radical (unpaired) electrons. The van der Waals surface area contributed by atoms with Crippen molar-refractivity contribution >= 4 is 5.97 Å². The third-order valence-electron chi connectivity index (χ3n) is 6.81. The number of benzene rings is 2. The Hall–Kier alpha value is -2.09. The average molecular weight is 393 g/mol. The summed E-state index contributed by atoms with van der Waals surface area (Å²) in [6.45, 7) is 4.23. The van der Waals surface area contributed by atoms with E-state index in [1.807, 2.05) is 31.2 Å². The smallest absolute Gasteiger partial charge is 0.310 e. The van der Waals surface area contributed by atoms with Crippen molar-refractivity contribution in [2.24, 2.45) is 11.8 Å². The van der Waals surface area contributed by atoms with Crippen LogP contribution in [0.5, 0.6) is 0 Å². The van der Waals surface area contributed by atoms with Crippen LogP contribution in [-0.2, 0) is 11.2 Å². The van der Waals surface area contributed by atoms with Crippen molar-refractivity contribution in [3.05, 3.63) is 59.7 Å². The van der Waals surface area contributed by atoms with Crippen molar-refractivity contribution in [2.75, 3.05) is 0 Å². The SMILES string of the molecule is CCCC1CCC(CCc2ccc(-c3ccc(C(CC)C(=O)O)cc3)cc2)CC1. The van der Waals surface area contributed by atoms with E-state index in [2.05, 4.69) is 31.2 Å². The molecule has 0 aliphatic heterocycles. The summed E-state index contributed by atoms with van der Waals surface area (Å²) in [5, 5.41) is 9.33. The highest BCUT2D eigenvalue weighted by atomic mass is 16.4. The van der Waals surface area contributed by atoms with Gasteiger partial charge in [0.05, 0.1) is 5.92 Å². The Morgan fingerprint density at radius 1 is 0.862 bits per heavy atom. The van der Waals surface area contributed by atoms with Crippen LogP contribution in [0.15, 0.2) is 48.5 Å². The van der Waals surface area contributed by atoms with E-state index < -0.39 is 11.9 Å². The lowest BCUT2D eigenvalue weighted by Crippen LogP contribution is -2.15. The summed E-state index contributed by atoms with van der Waals surface area (Å²) >= 11 is 0. The largest absolute Gasteiger partial charge is 0.481 e. The van der Waals surface area contributed by atoms with E-state index >= 15 is 0 Å².